The highest BCUT2D eigenvalue weighted by molar-refractivity contribution is 5.92. The number of ether oxygens (including phenoxy) is 2. The average molecular weight is 339 g/mol. The molecule has 0 bridgehead atoms. The molecule has 0 fully saturated rings. The molecule has 7 nitrogen and oxygen atoms in total. The van der Waals surface area contributed by atoms with Gasteiger partial charge in [-0.25, -0.2) is 0 Å². The van der Waals surface area contributed by atoms with E-state index in [9.17, 15) is 4.79 Å². The highest BCUT2D eigenvalue weighted by Crippen LogP contribution is 2.28. The second-order valence-corrected chi connectivity index (χ2v) is 5.21. The van der Waals surface area contributed by atoms with E-state index in [-0.39, 0.29) is 12.5 Å². The van der Waals surface area contributed by atoms with Crippen molar-refractivity contribution in [3.05, 3.63) is 54.4 Å². The van der Waals surface area contributed by atoms with E-state index in [1.54, 1.807) is 50.4 Å². The van der Waals surface area contributed by atoms with Crippen LogP contribution < -0.4 is 14.8 Å². The number of aryl methyl sites for hydroxylation is 1. The predicted molar refractivity (Wildman–Crippen MR) is 91.6 cm³/mol. The van der Waals surface area contributed by atoms with Crippen molar-refractivity contribution in [2.75, 3.05) is 19.0 Å². The normalized spacial score (nSPS) is 10.3. The van der Waals surface area contributed by atoms with Crippen LogP contribution in [0.4, 0.5) is 5.69 Å². The van der Waals surface area contributed by atoms with Crippen LogP contribution in [0.1, 0.15) is 5.82 Å². The molecule has 0 spiro atoms. The quantitative estimate of drug-likeness (QED) is 0.743. The van der Waals surface area contributed by atoms with Gasteiger partial charge >= 0.3 is 0 Å². The molecule has 0 aliphatic heterocycles. The molecule has 0 atom stereocenters. The Bertz CT molecular complexity index is 876. The highest BCUT2D eigenvalue weighted by Gasteiger charge is 2.13. The van der Waals surface area contributed by atoms with Gasteiger partial charge in [0.15, 0.2) is 12.4 Å². The van der Waals surface area contributed by atoms with Gasteiger partial charge in [0.25, 0.3) is 11.8 Å². The number of carbonyl (C=O) groups is 1. The number of hydrogen-bond acceptors (Lipinski definition) is 6. The Morgan fingerprint density at radius 1 is 1.20 bits per heavy atom. The Morgan fingerprint density at radius 3 is 2.80 bits per heavy atom. The number of benzene rings is 2. The second kappa shape index (κ2) is 7.48. The summed E-state index contributed by atoms with van der Waals surface area (Å²) >= 11 is 0. The van der Waals surface area contributed by atoms with E-state index in [0.717, 1.165) is 0 Å². The number of para-hydroxylation sites is 1. The lowest BCUT2D eigenvalue weighted by Gasteiger charge is -2.10. The standard InChI is InChI=1S/C18H17N3O4/c1-12-19-18(25-21-12)15-8-3-4-9-16(15)24-11-17(22)20-13-6-5-7-14(10-13)23-2/h3-10H,11H2,1-2H3,(H,20,22). The van der Waals surface area contributed by atoms with E-state index in [2.05, 4.69) is 15.5 Å². The molecule has 7 heteroatoms. The van der Waals surface area contributed by atoms with Crippen molar-refractivity contribution < 1.29 is 18.8 Å². The maximum absolute atomic E-state index is 12.1. The number of hydrogen-bond donors (Lipinski definition) is 1. The number of nitrogens with zero attached hydrogens (tertiary/aromatic N) is 2. The minimum Gasteiger partial charge on any atom is -0.497 e. The van der Waals surface area contributed by atoms with Crippen molar-refractivity contribution in [2.24, 2.45) is 0 Å². The first-order valence-electron chi connectivity index (χ1n) is 7.62. The van der Waals surface area contributed by atoms with Gasteiger partial charge in [0, 0.05) is 11.8 Å². The molecule has 1 amide bonds. The van der Waals surface area contributed by atoms with Crippen LogP contribution in [0.2, 0.25) is 0 Å². The highest BCUT2D eigenvalue weighted by atomic mass is 16.5. The zero-order valence-electron chi connectivity index (χ0n) is 13.9. The van der Waals surface area contributed by atoms with E-state index < -0.39 is 0 Å². The molecular formula is C18H17N3O4. The maximum Gasteiger partial charge on any atom is 0.262 e. The monoisotopic (exact) mass is 339 g/mol. The van der Waals surface area contributed by atoms with E-state index in [1.807, 2.05) is 12.1 Å². The Hall–Kier alpha value is -3.35. The van der Waals surface area contributed by atoms with Crippen LogP contribution in [0, 0.1) is 6.92 Å². The lowest BCUT2D eigenvalue weighted by atomic mass is 10.2. The van der Waals surface area contributed by atoms with Crippen LogP contribution in [-0.2, 0) is 4.79 Å². The van der Waals surface area contributed by atoms with Crippen LogP contribution in [0.5, 0.6) is 11.5 Å². The van der Waals surface area contributed by atoms with E-state index in [1.165, 1.54) is 0 Å². The fourth-order valence-electron chi connectivity index (χ4n) is 2.22. The molecule has 0 aliphatic rings. The van der Waals surface area contributed by atoms with Crippen molar-refractivity contribution in [1.29, 1.82) is 0 Å². The Kier molecular flexibility index (Phi) is 4.94. The molecule has 1 aromatic heterocycles. The Labute approximate surface area is 144 Å². The van der Waals surface area contributed by atoms with Crippen LogP contribution >= 0.6 is 0 Å². The van der Waals surface area contributed by atoms with Crippen molar-refractivity contribution in [3.63, 3.8) is 0 Å². The summed E-state index contributed by atoms with van der Waals surface area (Å²) < 4.78 is 15.9. The van der Waals surface area contributed by atoms with E-state index >= 15 is 0 Å². The third kappa shape index (κ3) is 4.14. The summed E-state index contributed by atoms with van der Waals surface area (Å²) in [5, 5.41) is 6.52. The first-order chi connectivity index (χ1) is 12.2. The zero-order chi connectivity index (χ0) is 17.6. The number of nitrogens with one attached hydrogen (secondary N) is 1. The molecule has 0 radical (unpaired) electrons. The van der Waals surface area contributed by atoms with Crippen LogP contribution in [0.3, 0.4) is 0 Å². The van der Waals surface area contributed by atoms with Gasteiger partial charge < -0.3 is 19.3 Å². The number of carbonyl (C=O) groups excluding carboxylic acids is 1. The fourth-order valence-corrected chi connectivity index (χ4v) is 2.22. The SMILES string of the molecule is COc1cccc(NC(=O)COc2ccccc2-c2nc(C)no2)c1. The lowest BCUT2D eigenvalue weighted by molar-refractivity contribution is -0.118. The number of amides is 1. The van der Waals surface area contributed by atoms with Gasteiger partial charge in [-0.15, -0.1) is 0 Å². The van der Waals surface area contributed by atoms with Crippen molar-refractivity contribution in [2.45, 2.75) is 6.92 Å². The largest absolute Gasteiger partial charge is 0.497 e. The number of aromatic nitrogens is 2. The molecule has 0 unspecified atom stereocenters. The molecule has 1 heterocycles. The molecule has 128 valence electrons. The molecular weight excluding hydrogens is 322 g/mol. The van der Waals surface area contributed by atoms with Crippen molar-refractivity contribution in [1.82, 2.24) is 10.1 Å². The Morgan fingerprint density at radius 2 is 2.04 bits per heavy atom. The van der Waals surface area contributed by atoms with Gasteiger partial charge in [-0.1, -0.05) is 23.4 Å². The fraction of sp³-hybridized carbons (Fsp3) is 0.167. The van der Waals surface area contributed by atoms with Gasteiger partial charge in [0.05, 0.1) is 12.7 Å². The smallest absolute Gasteiger partial charge is 0.262 e. The Balaban J connectivity index is 1.66. The summed E-state index contributed by atoms with van der Waals surface area (Å²) in [5.74, 6) is 1.74. The van der Waals surface area contributed by atoms with Gasteiger partial charge in [0.2, 0.25) is 0 Å². The zero-order valence-corrected chi connectivity index (χ0v) is 13.9. The second-order valence-electron chi connectivity index (χ2n) is 5.21. The van der Waals surface area contributed by atoms with Crippen LogP contribution in [0.15, 0.2) is 53.1 Å². The molecule has 1 N–H and O–H groups in total. The average Bonchev–Trinajstić information content (AvgIpc) is 3.06. The minimum atomic E-state index is -0.287. The van der Waals surface area contributed by atoms with Crippen LogP contribution in [-0.4, -0.2) is 29.8 Å². The summed E-state index contributed by atoms with van der Waals surface area (Å²) in [6.07, 6.45) is 0. The third-order valence-electron chi connectivity index (χ3n) is 3.36. The first-order valence-corrected chi connectivity index (χ1v) is 7.62. The van der Waals surface area contributed by atoms with Crippen molar-refractivity contribution >= 4 is 11.6 Å². The minimum absolute atomic E-state index is 0.151. The topological polar surface area (TPSA) is 86.5 Å². The van der Waals surface area contributed by atoms with E-state index in [0.29, 0.717) is 34.5 Å². The van der Waals surface area contributed by atoms with Gasteiger partial charge in [0.1, 0.15) is 11.5 Å². The summed E-state index contributed by atoms with van der Waals surface area (Å²) in [6, 6.07) is 14.3. The van der Waals surface area contributed by atoms with Crippen molar-refractivity contribution in [3.8, 4) is 23.0 Å². The summed E-state index contributed by atoms with van der Waals surface area (Å²) in [6.45, 7) is 1.58. The third-order valence-corrected chi connectivity index (χ3v) is 3.36. The molecule has 25 heavy (non-hydrogen) atoms. The maximum atomic E-state index is 12.1. The lowest BCUT2D eigenvalue weighted by Crippen LogP contribution is -2.20. The molecule has 0 saturated carbocycles. The molecule has 2 aromatic carbocycles. The number of rotatable bonds is 6. The predicted octanol–water partition coefficient (Wildman–Crippen LogP) is 3.07. The van der Waals surface area contributed by atoms with Crippen LogP contribution in [0.25, 0.3) is 11.5 Å². The number of methoxy groups -OCH3 is 1. The summed E-state index contributed by atoms with van der Waals surface area (Å²) in [5.41, 5.74) is 1.27. The first kappa shape index (κ1) is 16.5. The van der Waals surface area contributed by atoms with Gasteiger partial charge in [-0.2, -0.15) is 4.98 Å². The van der Waals surface area contributed by atoms with Gasteiger partial charge in [-0.05, 0) is 31.2 Å². The molecule has 0 aliphatic carbocycles. The molecule has 3 rings (SSSR count). The molecule has 3 aromatic rings. The van der Waals surface area contributed by atoms with E-state index in [4.69, 9.17) is 14.0 Å². The summed E-state index contributed by atoms with van der Waals surface area (Å²) in [7, 11) is 1.57. The van der Waals surface area contributed by atoms with Gasteiger partial charge in [-0.3, -0.25) is 4.79 Å². The summed E-state index contributed by atoms with van der Waals surface area (Å²) in [4.78, 5) is 16.3. The molecule has 0 saturated heterocycles. The number of anilines is 1.